The molecule has 1 N–H and O–H groups in total. The van der Waals surface area contributed by atoms with Crippen molar-refractivity contribution >= 4 is 5.91 Å². The lowest BCUT2D eigenvalue weighted by molar-refractivity contribution is -0.130. The summed E-state index contributed by atoms with van der Waals surface area (Å²) in [6.07, 6.45) is 4.24. The molecule has 2 rings (SSSR count). The Labute approximate surface area is 97.3 Å². The molecule has 0 radical (unpaired) electrons. The molecule has 2 saturated heterocycles. The molecule has 2 atom stereocenters. The Morgan fingerprint density at radius 2 is 2.38 bits per heavy atom. The van der Waals surface area contributed by atoms with Gasteiger partial charge in [0.15, 0.2) is 0 Å². The molecule has 0 aliphatic carbocycles. The van der Waals surface area contributed by atoms with E-state index < -0.39 is 0 Å². The van der Waals surface area contributed by atoms with Crippen molar-refractivity contribution in [3.8, 4) is 0 Å². The number of hydrogen-bond donors (Lipinski definition) is 1. The molecule has 1 unspecified atom stereocenters. The van der Waals surface area contributed by atoms with Crippen molar-refractivity contribution in [3.63, 3.8) is 0 Å². The Hall–Kier alpha value is -0.610. The van der Waals surface area contributed by atoms with Crippen LogP contribution in [0, 0.1) is 5.92 Å². The molecule has 0 aromatic carbocycles. The summed E-state index contributed by atoms with van der Waals surface area (Å²) in [5, 5.41) is 3.34. The van der Waals surface area contributed by atoms with Gasteiger partial charge < -0.3 is 15.0 Å². The van der Waals surface area contributed by atoms with Gasteiger partial charge in [-0.2, -0.15) is 0 Å². The summed E-state index contributed by atoms with van der Waals surface area (Å²) in [5.74, 6) is 1.02. The van der Waals surface area contributed by atoms with E-state index in [1.54, 1.807) is 7.11 Å². The second-order valence-electron chi connectivity index (χ2n) is 4.88. The fourth-order valence-corrected chi connectivity index (χ4v) is 2.59. The van der Waals surface area contributed by atoms with Crippen LogP contribution in [-0.2, 0) is 9.53 Å². The molecular formula is C12H22N2O2. The van der Waals surface area contributed by atoms with Crippen LogP contribution in [0.1, 0.15) is 25.7 Å². The summed E-state index contributed by atoms with van der Waals surface area (Å²) < 4.78 is 5.27. The topological polar surface area (TPSA) is 41.6 Å². The first-order valence-corrected chi connectivity index (χ1v) is 6.31. The normalized spacial score (nSPS) is 29.9. The van der Waals surface area contributed by atoms with Crippen LogP contribution in [0.4, 0.5) is 0 Å². The largest absolute Gasteiger partial charge is 0.380 e. The lowest BCUT2D eigenvalue weighted by Gasteiger charge is -2.17. The molecule has 0 aromatic rings. The van der Waals surface area contributed by atoms with E-state index >= 15 is 0 Å². The molecule has 0 aromatic heterocycles. The maximum absolute atomic E-state index is 11.9. The van der Waals surface area contributed by atoms with Crippen LogP contribution in [0.5, 0.6) is 0 Å². The average molecular weight is 226 g/mol. The second kappa shape index (κ2) is 5.64. The minimum absolute atomic E-state index is 0.261. The molecule has 4 nitrogen and oxygen atoms in total. The van der Waals surface area contributed by atoms with E-state index in [1.807, 2.05) is 4.90 Å². The first kappa shape index (κ1) is 11.9. The van der Waals surface area contributed by atoms with Gasteiger partial charge in [0.2, 0.25) is 5.91 Å². The van der Waals surface area contributed by atoms with Crippen molar-refractivity contribution in [3.05, 3.63) is 0 Å². The van der Waals surface area contributed by atoms with Crippen molar-refractivity contribution < 1.29 is 9.53 Å². The van der Waals surface area contributed by atoms with E-state index in [4.69, 9.17) is 4.74 Å². The smallest absolute Gasteiger partial charge is 0.222 e. The zero-order valence-corrected chi connectivity index (χ0v) is 10.1. The molecule has 4 heteroatoms. The predicted octanol–water partition coefficient (Wildman–Crippen LogP) is 0.623. The SMILES string of the molecule is CO[C@@H]1CCN(C(=O)CCC2CCNC2)C1. The number of nitrogens with one attached hydrogen (secondary N) is 1. The van der Waals surface area contributed by atoms with Gasteiger partial charge in [-0.15, -0.1) is 0 Å². The zero-order chi connectivity index (χ0) is 11.4. The number of nitrogens with zero attached hydrogens (tertiary/aromatic N) is 1. The Bertz CT molecular complexity index is 239. The fourth-order valence-electron chi connectivity index (χ4n) is 2.59. The number of likely N-dealkylation sites (tertiary alicyclic amines) is 1. The van der Waals surface area contributed by atoms with Crippen molar-refractivity contribution in [2.24, 2.45) is 5.92 Å². The van der Waals surface area contributed by atoms with Crippen LogP contribution in [0.15, 0.2) is 0 Å². The fraction of sp³-hybridized carbons (Fsp3) is 0.917. The van der Waals surface area contributed by atoms with Gasteiger partial charge in [0.1, 0.15) is 0 Å². The Kier molecular flexibility index (Phi) is 4.18. The maximum atomic E-state index is 11.9. The zero-order valence-electron chi connectivity index (χ0n) is 10.1. The highest BCUT2D eigenvalue weighted by Gasteiger charge is 2.26. The number of ether oxygens (including phenoxy) is 1. The Morgan fingerprint density at radius 3 is 3.00 bits per heavy atom. The Morgan fingerprint density at radius 1 is 1.50 bits per heavy atom. The van der Waals surface area contributed by atoms with Crippen LogP contribution in [0.2, 0.25) is 0 Å². The molecule has 2 aliphatic heterocycles. The lowest BCUT2D eigenvalue weighted by atomic mass is 10.0. The van der Waals surface area contributed by atoms with Gasteiger partial charge in [0.25, 0.3) is 0 Å². The number of rotatable bonds is 4. The molecule has 16 heavy (non-hydrogen) atoms. The summed E-state index contributed by atoms with van der Waals surface area (Å²) in [7, 11) is 1.73. The van der Waals surface area contributed by atoms with Gasteiger partial charge in [0.05, 0.1) is 6.10 Å². The maximum Gasteiger partial charge on any atom is 0.222 e. The molecule has 0 bridgehead atoms. The van der Waals surface area contributed by atoms with Gasteiger partial charge >= 0.3 is 0 Å². The number of carbonyl (C=O) groups excluding carboxylic acids is 1. The van der Waals surface area contributed by atoms with E-state index in [0.717, 1.165) is 39.0 Å². The van der Waals surface area contributed by atoms with Gasteiger partial charge in [-0.05, 0) is 38.3 Å². The number of carbonyl (C=O) groups is 1. The minimum Gasteiger partial charge on any atom is -0.380 e. The third-order valence-electron chi connectivity index (χ3n) is 3.76. The first-order chi connectivity index (χ1) is 7.79. The summed E-state index contributed by atoms with van der Waals surface area (Å²) >= 11 is 0. The molecule has 2 aliphatic rings. The van der Waals surface area contributed by atoms with Crippen LogP contribution >= 0.6 is 0 Å². The number of amides is 1. The molecule has 0 spiro atoms. The van der Waals surface area contributed by atoms with E-state index in [1.165, 1.54) is 6.42 Å². The van der Waals surface area contributed by atoms with E-state index in [9.17, 15) is 4.79 Å². The van der Waals surface area contributed by atoms with Gasteiger partial charge in [-0.3, -0.25) is 4.79 Å². The van der Waals surface area contributed by atoms with Crippen LogP contribution in [0.25, 0.3) is 0 Å². The average Bonchev–Trinajstić information content (AvgIpc) is 2.96. The number of methoxy groups -OCH3 is 1. The third-order valence-corrected chi connectivity index (χ3v) is 3.76. The molecule has 0 saturated carbocycles. The van der Waals surface area contributed by atoms with Crippen molar-refractivity contribution in [2.75, 3.05) is 33.3 Å². The van der Waals surface area contributed by atoms with Gasteiger partial charge in [0, 0.05) is 26.6 Å². The van der Waals surface area contributed by atoms with Gasteiger partial charge in [-0.1, -0.05) is 0 Å². The summed E-state index contributed by atoms with van der Waals surface area (Å²) in [6, 6.07) is 0. The van der Waals surface area contributed by atoms with Crippen LogP contribution in [-0.4, -0.2) is 50.2 Å². The van der Waals surface area contributed by atoms with E-state index in [0.29, 0.717) is 18.2 Å². The molecule has 2 heterocycles. The Balaban J connectivity index is 1.67. The van der Waals surface area contributed by atoms with Crippen molar-refractivity contribution in [1.29, 1.82) is 0 Å². The molecule has 2 fully saturated rings. The van der Waals surface area contributed by atoms with Crippen molar-refractivity contribution in [1.82, 2.24) is 10.2 Å². The quantitative estimate of drug-likeness (QED) is 0.764. The standard InChI is InChI=1S/C12H22N2O2/c1-16-11-5-7-14(9-11)12(15)3-2-10-4-6-13-8-10/h10-11,13H,2-9H2,1H3/t10?,11-/m1/s1. The highest BCUT2D eigenvalue weighted by Crippen LogP contribution is 2.18. The third kappa shape index (κ3) is 2.95. The highest BCUT2D eigenvalue weighted by molar-refractivity contribution is 5.76. The van der Waals surface area contributed by atoms with E-state index in [2.05, 4.69) is 5.32 Å². The first-order valence-electron chi connectivity index (χ1n) is 6.31. The van der Waals surface area contributed by atoms with Crippen LogP contribution < -0.4 is 5.32 Å². The highest BCUT2D eigenvalue weighted by atomic mass is 16.5. The summed E-state index contributed by atoms with van der Waals surface area (Å²) in [6.45, 7) is 3.88. The summed E-state index contributed by atoms with van der Waals surface area (Å²) in [4.78, 5) is 13.9. The lowest BCUT2D eigenvalue weighted by Crippen LogP contribution is -2.30. The second-order valence-corrected chi connectivity index (χ2v) is 4.88. The monoisotopic (exact) mass is 226 g/mol. The molecular weight excluding hydrogens is 204 g/mol. The summed E-state index contributed by atoms with van der Waals surface area (Å²) in [5.41, 5.74) is 0. The molecule has 1 amide bonds. The van der Waals surface area contributed by atoms with E-state index in [-0.39, 0.29) is 6.10 Å². The minimum atomic E-state index is 0.261. The van der Waals surface area contributed by atoms with Gasteiger partial charge in [-0.25, -0.2) is 0 Å². The van der Waals surface area contributed by atoms with Crippen molar-refractivity contribution in [2.45, 2.75) is 31.8 Å². The van der Waals surface area contributed by atoms with Crippen LogP contribution in [0.3, 0.4) is 0 Å². The molecule has 92 valence electrons. The number of hydrogen-bond acceptors (Lipinski definition) is 3. The predicted molar refractivity (Wildman–Crippen MR) is 62.2 cm³/mol.